The smallest absolute Gasteiger partial charge is 0.266 e. The summed E-state index contributed by atoms with van der Waals surface area (Å²) in [5, 5.41) is 0.909. The van der Waals surface area contributed by atoms with Crippen LogP contribution in [0.2, 0.25) is 10.0 Å². The number of rotatable bonds is 3. The largest absolute Gasteiger partial charge is 0.268 e. The highest BCUT2D eigenvalue weighted by Crippen LogP contribution is 2.36. The van der Waals surface area contributed by atoms with Crippen molar-refractivity contribution >= 4 is 61.5 Å². The van der Waals surface area contributed by atoms with Crippen molar-refractivity contribution in [2.24, 2.45) is 0 Å². The van der Waals surface area contributed by atoms with Crippen LogP contribution in [-0.4, -0.2) is 10.9 Å². The second-order valence-corrected chi connectivity index (χ2v) is 7.48. The van der Waals surface area contributed by atoms with Crippen LogP contribution in [0.25, 0.3) is 10.2 Å². The van der Waals surface area contributed by atoms with Gasteiger partial charge >= 0.3 is 0 Å². The fourth-order valence-corrected chi connectivity index (χ4v) is 4.02. The molecule has 0 saturated heterocycles. The molecule has 0 bridgehead atoms. The molecule has 1 amide bonds. The topological polar surface area (TPSA) is 33.2 Å². The first-order chi connectivity index (χ1) is 13.0. The molecular weight excluding hydrogens is 406 g/mol. The Labute approximate surface area is 168 Å². The van der Waals surface area contributed by atoms with Crippen LogP contribution in [0, 0.1) is 5.82 Å². The van der Waals surface area contributed by atoms with Gasteiger partial charge in [0.05, 0.1) is 31.5 Å². The second kappa shape index (κ2) is 7.27. The summed E-state index contributed by atoms with van der Waals surface area (Å²) in [5.41, 5.74) is 1.50. The Kier molecular flexibility index (Phi) is 4.83. The molecule has 0 atom stereocenters. The Balaban J connectivity index is 1.89. The monoisotopic (exact) mass is 416 g/mol. The maximum atomic E-state index is 13.4. The molecule has 0 saturated carbocycles. The molecule has 0 fully saturated rings. The highest BCUT2D eigenvalue weighted by molar-refractivity contribution is 7.22. The Morgan fingerprint density at radius 3 is 2.44 bits per heavy atom. The van der Waals surface area contributed by atoms with Gasteiger partial charge in [-0.1, -0.05) is 52.7 Å². The van der Waals surface area contributed by atoms with Crippen LogP contribution in [-0.2, 0) is 0 Å². The number of halogens is 3. The van der Waals surface area contributed by atoms with E-state index in [0.29, 0.717) is 10.8 Å². The number of nitrogens with zero attached hydrogens (tertiary/aromatic N) is 2. The lowest BCUT2D eigenvalue weighted by Gasteiger charge is -2.21. The molecule has 0 aliphatic carbocycles. The molecule has 4 aromatic rings. The summed E-state index contributed by atoms with van der Waals surface area (Å²) in [6, 6.07) is 18.1. The minimum Gasteiger partial charge on any atom is -0.268 e. The lowest BCUT2D eigenvalue weighted by Crippen LogP contribution is -2.26. The number of benzene rings is 3. The maximum absolute atomic E-state index is 13.4. The first-order valence-corrected chi connectivity index (χ1v) is 9.51. The number of carbonyl (C=O) groups excluding carboxylic acids is 1. The molecule has 27 heavy (non-hydrogen) atoms. The molecule has 0 N–H and O–H groups in total. The summed E-state index contributed by atoms with van der Waals surface area (Å²) < 4.78 is 14.3. The number of thiazole rings is 1. The molecule has 3 aromatic carbocycles. The fourth-order valence-electron chi connectivity index (χ4n) is 2.65. The summed E-state index contributed by atoms with van der Waals surface area (Å²) in [6.07, 6.45) is 0. The van der Waals surface area contributed by atoms with E-state index in [0.717, 1.165) is 10.2 Å². The number of anilines is 2. The van der Waals surface area contributed by atoms with Gasteiger partial charge in [0.1, 0.15) is 5.82 Å². The van der Waals surface area contributed by atoms with E-state index >= 15 is 0 Å². The van der Waals surface area contributed by atoms with Crippen molar-refractivity contribution in [3.63, 3.8) is 0 Å². The predicted octanol–water partition coefficient (Wildman–Crippen LogP) is 6.72. The third-order valence-electron chi connectivity index (χ3n) is 3.94. The van der Waals surface area contributed by atoms with Crippen molar-refractivity contribution < 1.29 is 9.18 Å². The van der Waals surface area contributed by atoms with Crippen LogP contribution in [0.1, 0.15) is 10.4 Å². The van der Waals surface area contributed by atoms with Crippen LogP contribution >= 0.6 is 34.5 Å². The summed E-state index contributed by atoms with van der Waals surface area (Å²) >= 11 is 13.7. The van der Waals surface area contributed by atoms with Crippen LogP contribution in [0.5, 0.6) is 0 Å². The van der Waals surface area contributed by atoms with Crippen molar-refractivity contribution in [2.75, 3.05) is 4.90 Å². The number of fused-ring (bicyclic) bond motifs is 1. The number of amides is 1. The number of hydrogen-bond donors (Lipinski definition) is 0. The van der Waals surface area contributed by atoms with E-state index in [4.69, 9.17) is 23.2 Å². The maximum Gasteiger partial charge on any atom is 0.266 e. The fraction of sp³-hybridized carbons (Fsp3) is 0. The molecule has 134 valence electrons. The van der Waals surface area contributed by atoms with Gasteiger partial charge in [-0.15, -0.1) is 0 Å². The van der Waals surface area contributed by atoms with Crippen LogP contribution in [0.4, 0.5) is 15.2 Å². The minimum absolute atomic E-state index is 0.164. The van der Waals surface area contributed by atoms with E-state index in [1.807, 2.05) is 24.3 Å². The summed E-state index contributed by atoms with van der Waals surface area (Å²) in [4.78, 5) is 19.3. The molecule has 0 unspecified atom stereocenters. The summed E-state index contributed by atoms with van der Waals surface area (Å²) in [7, 11) is 0. The van der Waals surface area contributed by atoms with E-state index < -0.39 is 11.7 Å². The van der Waals surface area contributed by atoms with Crippen molar-refractivity contribution in [3.05, 3.63) is 88.2 Å². The van der Waals surface area contributed by atoms with Gasteiger partial charge in [-0.2, -0.15) is 0 Å². The predicted molar refractivity (Wildman–Crippen MR) is 109 cm³/mol. The van der Waals surface area contributed by atoms with Gasteiger partial charge in [-0.3, -0.25) is 9.69 Å². The van der Waals surface area contributed by atoms with Gasteiger partial charge in [0.15, 0.2) is 5.13 Å². The van der Waals surface area contributed by atoms with E-state index in [1.165, 1.54) is 40.5 Å². The Morgan fingerprint density at radius 1 is 0.963 bits per heavy atom. The van der Waals surface area contributed by atoms with Crippen LogP contribution in [0.15, 0.2) is 66.7 Å². The SMILES string of the molecule is O=C(c1cccc(Cl)c1Cl)N(c1ccc(F)cc1)c1nc2ccccc2s1. The molecule has 7 heteroatoms. The Bertz CT molecular complexity index is 1110. The van der Waals surface area contributed by atoms with E-state index in [9.17, 15) is 9.18 Å². The van der Waals surface area contributed by atoms with Crippen LogP contribution < -0.4 is 4.90 Å². The van der Waals surface area contributed by atoms with Gasteiger partial charge in [0, 0.05) is 0 Å². The Hall–Kier alpha value is -2.47. The van der Waals surface area contributed by atoms with Gasteiger partial charge < -0.3 is 0 Å². The second-order valence-electron chi connectivity index (χ2n) is 5.68. The van der Waals surface area contributed by atoms with E-state index in [1.54, 1.807) is 18.2 Å². The minimum atomic E-state index is -0.395. The van der Waals surface area contributed by atoms with Gasteiger partial charge in [0.2, 0.25) is 0 Å². The first-order valence-electron chi connectivity index (χ1n) is 7.94. The Morgan fingerprint density at radius 2 is 1.70 bits per heavy atom. The van der Waals surface area contributed by atoms with Crippen molar-refractivity contribution in [3.8, 4) is 0 Å². The average Bonchev–Trinajstić information content (AvgIpc) is 3.09. The average molecular weight is 417 g/mol. The summed E-state index contributed by atoms with van der Waals surface area (Å²) in [5.74, 6) is -0.788. The highest BCUT2D eigenvalue weighted by Gasteiger charge is 2.25. The summed E-state index contributed by atoms with van der Waals surface area (Å²) in [6.45, 7) is 0. The third kappa shape index (κ3) is 3.41. The number of carbonyl (C=O) groups is 1. The lowest BCUT2D eigenvalue weighted by atomic mass is 10.2. The van der Waals surface area contributed by atoms with Crippen molar-refractivity contribution in [1.29, 1.82) is 0 Å². The molecule has 1 heterocycles. The number of hydrogen-bond acceptors (Lipinski definition) is 3. The molecule has 3 nitrogen and oxygen atoms in total. The van der Waals surface area contributed by atoms with Gasteiger partial charge in [0.25, 0.3) is 5.91 Å². The molecule has 1 aromatic heterocycles. The van der Waals surface area contributed by atoms with Gasteiger partial charge in [-0.25, -0.2) is 9.37 Å². The zero-order valence-corrected chi connectivity index (χ0v) is 16.0. The zero-order chi connectivity index (χ0) is 19.0. The zero-order valence-electron chi connectivity index (χ0n) is 13.7. The molecule has 0 aliphatic heterocycles. The molecule has 0 radical (unpaired) electrons. The highest BCUT2D eigenvalue weighted by atomic mass is 35.5. The first kappa shape index (κ1) is 17.9. The van der Waals surface area contributed by atoms with Crippen molar-refractivity contribution in [2.45, 2.75) is 0 Å². The number of para-hydroxylation sites is 1. The molecule has 4 rings (SSSR count). The standard InChI is InChI=1S/C20H11Cl2FN2OS/c21-15-5-3-4-14(18(15)22)19(26)25(13-10-8-12(23)9-11-13)20-24-16-6-1-2-7-17(16)27-20/h1-11H. The lowest BCUT2D eigenvalue weighted by molar-refractivity contribution is 0.0999. The third-order valence-corrected chi connectivity index (χ3v) is 5.78. The van der Waals surface area contributed by atoms with Crippen LogP contribution in [0.3, 0.4) is 0 Å². The molecule has 0 spiro atoms. The van der Waals surface area contributed by atoms with E-state index in [-0.39, 0.29) is 15.6 Å². The van der Waals surface area contributed by atoms with Gasteiger partial charge in [-0.05, 0) is 48.5 Å². The van der Waals surface area contributed by atoms with E-state index in [2.05, 4.69) is 4.98 Å². The number of aromatic nitrogens is 1. The quantitative estimate of drug-likeness (QED) is 0.371. The van der Waals surface area contributed by atoms with Crippen molar-refractivity contribution in [1.82, 2.24) is 4.98 Å². The molecule has 0 aliphatic rings. The normalized spacial score (nSPS) is 10.9. The molecular formula is C20H11Cl2FN2OS.